The first-order valence-electron chi connectivity index (χ1n) is 11.1. The van der Waals surface area contributed by atoms with Gasteiger partial charge in [0, 0.05) is 48.8 Å². The molecule has 2 aromatic carbocycles. The first-order chi connectivity index (χ1) is 14.9. The molecule has 0 radical (unpaired) electrons. The number of hydrogen-bond acceptors (Lipinski definition) is 3. The SMILES string of the molecule is C=CC12CC(/C=N\C)=C(Nc3ccc(C)cc3)C=C1CCN(c1ccc(C)c(C)c1)C2. The maximum Gasteiger partial charge on any atom is 0.0432 e. The first kappa shape index (κ1) is 21.2. The summed E-state index contributed by atoms with van der Waals surface area (Å²) in [5, 5.41) is 3.64. The highest BCUT2D eigenvalue weighted by Crippen LogP contribution is 2.46. The highest BCUT2D eigenvalue weighted by atomic mass is 15.1. The van der Waals surface area contributed by atoms with Gasteiger partial charge in [-0.1, -0.05) is 35.4 Å². The predicted molar refractivity (Wildman–Crippen MR) is 134 cm³/mol. The summed E-state index contributed by atoms with van der Waals surface area (Å²) in [4.78, 5) is 6.89. The summed E-state index contributed by atoms with van der Waals surface area (Å²) in [5.74, 6) is 0. The van der Waals surface area contributed by atoms with Crippen LogP contribution in [0.25, 0.3) is 0 Å². The molecule has 1 unspecified atom stereocenters. The number of piperidine rings is 1. The van der Waals surface area contributed by atoms with Gasteiger partial charge in [-0.2, -0.15) is 0 Å². The van der Waals surface area contributed by atoms with Crippen LogP contribution in [-0.4, -0.2) is 26.4 Å². The number of allylic oxidation sites excluding steroid dienone is 2. The van der Waals surface area contributed by atoms with Crippen molar-refractivity contribution in [2.45, 2.75) is 33.6 Å². The molecule has 1 heterocycles. The molecule has 0 amide bonds. The topological polar surface area (TPSA) is 27.6 Å². The van der Waals surface area contributed by atoms with E-state index in [-0.39, 0.29) is 5.41 Å². The molecule has 0 aromatic heterocycles. The van der Waals surface area contributed by atoms with Gasteiger partial charge < -0.3 is 10.2 Å². The van der Waals surface area contributed by atoms with Crippen LogP contribution in [0.3, 0.4) is 0 Å². The van der Waals surface area contributed by atoms with Crippen molar-refractivity contribution in [2.75, 3.05) is 30.4 Å². The third-order valence-corrected chi connectivity index (χ3v) is 6.80. The molecule has 0 saturated carbocycles. The summed E-state index contributed by atoms with van der Waals surface area (Å²) >= 11 is 0. The van der Waals surface area contributed by atoms with Crippen molar-refractivity contribution >= 4 is 17.6 Å². The Morgan fingerprint density at radius 2 is 1.84 bits per heavy atom. The average molecular weight is 412 g/mol. The maximum absolute atomic E-state index is 4.37. The lowest BCUT2D eigenvalue weighted by atomic mass is 9.68. The maximum atomic E-state index is 4.37. The molecule has 2 aromatic rings. The number of aryl methyl sites for hydroxylation is 3. The smallest absolute Gasteiger partial charge is 0.0432 e. The van der Waals surface area contributed by atoms with Crippen LogP contribution in [0.15, 0.2) is 83.0 Å². The number of fused-ring (bicyclic) bond motifs is 1. The van der Waals surface area contributed by atoms with E-state index < -0.39 is 0 Å². The van der Waals surface area contributed by atoms with E-state index in [9.17, 15) is 0 Å². The van der Waals surface area contributed by atoms with E-state index >= 15 is 0 Å². The van der Waals surface area contributed by atoms with Crippen LogP contribution < -0.4 is 10.2 Å². The van der Waals surface area contributed by atoms with Crippen LogP contribution in [0.1, 0.15) is 29.5 Å². The van der Waals surface area contributed by atoms with E-state index in [2.05, 4.69) is 97.2 Å². The molecule has 1 saturated heterocycles. The summed E-state index contributed by atoms with van der Waals surface area (Å²) in [5.41, 5.74) is 10.2. The molecule has 31 heavy (non-hydrogen) atoms. The van der Waals surface area contributed by atoms with E-state index in [1.165, 1.54) is 33.5 Å². The number of anilines is 2. The fourth-order valence-electron chi connectivity index (χ4n) is 4.70. The second kappa shape index (κ2) is 8.58. The van der Waals surface area contributed by atoms with Crippen molar-refractivity contribution in [2.24, 2.45) is 10.4 Å². The van der Waals surface area contributed by atoms with Gasteiger partial charge in [0.25, 0.3) is 0 Å². The molecule has 1 atom stereocenters. The standard InChI is InChI=1S/C28H33N3/c1-6-28-17-23(18-29-5)27(30-25-10-7-20(2)8-11-25)16-24(28)13-14-31(19-28)26-12-9-21(3)22(4)15-26/h6-12,15-16,18,30H,1,13-14,17,19H2,2-5H3/b29-18-. The zero-order chi connectivity index (χ0) is 22.0. The number of aliphatic imine (C=N–C) groups is 1. The van der Waals surface area contributed by atoms with Crippen LogP contribution in [-0.2, 0) is 0 Å². The molecule has 160 valence electrons. The Kier molecular flexibility index (Phi) is 5.86. The van der Waals surface area contributed by atoms with Crippen LogP contribution in [0, 0.1) is 26.2 Å². The van der Waals surface area contributed by atoms with Crippen LogP contribution in [0.5, 0.6) is 0 Å². The molecular weight excluding hydrogens is 378 g/mol. The van der Waals surface area contributed by atoms with Crippen molar-refractivity contribution in [3.8, 4) is 0 Å². The Morgan fingerprint density at radius 3 is 2.52 bits per heavy atom. The van der Waals surface area contributed by atoms with Crippen molar-refractivity contribution < 1.29 is 0 Å². The Hall–Kier alpha value is -3.07. The van der Waals surface area contributed by atoms with Gasteiger partial charge in [-0.05, 0) is 80.7 Å². The van der Waals surface area contributed by atoms with Gasteiger partial charge in [-0.15, -0.1) is 6.58 Å². The highest BCUT2D eigenvalue weighted by molar-refractivity contribution is 5.83. The third-order valence-electron chi connectivity index (χ3n) is 6.80. The molecule has 0 spiro atoms. The average Bonchev–Trinajstić information content (AvgIpc) is 2.77. The van der Waals surface area contributed by atoms with Gasteiger partial charge in [0.05, 0.1) is 0 Å². The lowest BCUT2D eigenvalue weighted by Crippen LogP contribution is -2.45. The molecule has 3 heteroatoms. The Balaban J connectivity index is 1.65. The lowest BCUT2D eigenvalue weighted by molar-refractivity contribution is 0.399. The quantitative estimate of drug-likeness (QED) is 0.456. The van der Waals surface area contributed by atoms with Crippen molar-refractivity contribution in [1.29, 1.82) is 0 Å². The Morgan fingerprint density at radius 1 is 1.06 bits per heavy atom. The zero-order valence-electron chi connectivity index (χ0n) is 19.2. The molecule has 1 aliphatic heterocycles. The van der Waals surface area contributed by atoms with Gasteiger partial charge in [0.1, 0.15) is 0 Å². The number of nitrogens with one attached hydrogen (secondary N) is 1. The summed E-state index contributed by atoms with van der Waals surface area (Å²) < 4.78 is 0. The van der Waals surface area contributed by atoms with Gasteiger partial charge in [-0.3, -0.25) is 4.99 Å². The Labute approximate surface area is 186 Å². The monoisotopic (exact) mass is 411 g/mol. The second-order valence-electron chi connectivity index (χ2n) is 8.96. The van der Waals surface area contributed by atoms with Crippen LogP contribution >= 0.6 is 0 Å². The molecule has 3 nitrogen and oxygen atoms in total. The molecule has 4 rings (SSSR count). The van der Waals surface area contributed by atoms with E-state index in [0.717, 1.165) is 37.3 Å². The minimum atomic E-state index is -0.0635. The third kappa shape index (κ3) is 4.23. The molecule has 2 aliphatic rings. The van der Waals surface area contributed by atoms with Gasteiger partial charge in [-0.25, -0.2) is 0 Å². The highest BCUT2D eigenvalue weighted by Gasteiger charge is 2.40. The molecule has 1 aliphatic carbocycles. The van der Waals surface area contributed by atoms with E-state index in [4.69, 9.17) is 0 Å². The van der Waals surface area contributed by atoms with E-state index in [0.29, 0.717) is 0 Å². The lowest BCUT2D eigenvalue weighted by Gasteiger charge is -2.46. The van der Waals surface area contributed by atoms with Crippen molar-refractivity contribution in [3.05, 3.63) is 94.7 Å². The Bertz CT molecular complexity index is 1070. The van der Waals surface area contributed by atoms with Gasteiger partial charge in [0.2, 0.25) is 0 Å². The second-order valence-corrected chi connectivity index (χ2v) is 8.96. The largest absolute Gasteiger partial charge is 0.370 e. The van der Waals surface area contributed by atoms with Crippen LogP contribution in [0.4, 0.5) is 11.4 Å². The summed E-state index contributed by atoms with van der Waals surface area (Å²) in [6.45, 7) is 12.7. The minimum absolute atomic E-state index is 0.0635. The fraction of sp³-hybridized carbons (Fsp3) is 0.321. The summed E-state index contributed by atoms with van der Waals surface area (Å²) in [6.07, 6.45) is 8.46. The normalized spacial score (nSPS) is 21.2. The molecule has 1 fully saturated rings. The number of hydrogen-bond donors (Lipinski definition) is 1. The molecule has 1 N–H and O–H groups in total. The van der Waals surface area contributed by atoms with Crippen molar-refractivity contribution in [1.82, 2.24) is 0 Å². The van der Waals surface area contributed by atoms with Crippen LogP contribution in [0.2, 0.25) is 0 Å². The summed E-state index contributed by atoms with van der Waals surface area (Å²) in [7, 11) is 1.85. The predicted octanol–water partition coefficient (Wildman–Crippen LogP) is 6.39. The van der Waals surface area contributed by atoms with Gasteiger partial charge >= 0.3 is 0 Å². The number of rotatable bonds is 5. The fourth-order valence-corrected chi connectivity index (χ4v) is 4.70. The van der Waals surface area contributed by atoms with E-state index in [1.54, 1.807) is 0 Å². The summed E-state index contributed by atoms with van der Waals surface area (Å²) in [6, 6.07) is 15.4. The molecular formula is C28H33N3. The molecule has 0 bridgehead atoms. The number of nitrogens with zero attached hydrogens (tertiary/aromatic N) is 2. The van der Waals surface area contributed by atoms with E-state index in [1.807, 2.05) is 13.3 Å². The van der Waals surface area contributed by atoms with Crippen molar-refractivity contribution in [3.63, 3.8) is 0 Å². The van der Waals surface area contributed by atoms with Gasteiger partial charge in [0.15, 0.2) is 0 Å². The number of benzene rings is 2. The minimum Gasteiger partial charge on any atom is -0.370 e. The first-order valence-corrected chi connectivity index (χ1v) is 11.1. The zero-order valence-corrected chi connectivity index (χ0v) is 19.2.